The largest absolute Gasteiger partial charge is 0.361 e. The van der Waals surface area contributed by atoms with E-state index in [-0.39, 0.29) is 5.92 Å². The molecule has 0 radical (unpaired) electrons. The molecule has 4 rings (SSSR count). The third kappa shape index (κ3) is 2.83. The first kappa shape index (κ1) is 14.4. The number of para-hydroxylation sites is 1. The minimum absolute atomic E-state index is 0.0440. The molecule has 0 aliphatic rings. The summed E-state index contributed by atoms with van der Waals surface area (Å²) in [4.78, 5) is 3.37. The van der Waals surface area contributed by atoms with Gasteiger partial charge in [0.25, 0.3) is 0 Å². The molecule has 1 heterocycles. The SMILES string of the molecule is C(#CC(c1ccccc1)c1c[nH]c2ccccc12)c1ccccc1. The van der Waals surface area contributed by atoms with Crippen LogP contribution in [0.5, 0.6) is 0 Å². The monoisotopic (exact) mass is 307 g/mol. The molecular weight excluding hydrogens is 290 g/mol. The lowest BCUT2D eigenvalue weighted by Gasteiger charge is -2.10. The van der Waals surface area contributed by atoms with Gasteiger partial charge in [0.15, 0.2) is 0 Å². The van der Waals surface area contributed by atoms with E-state index in [1.54, 1.807) is 0 Å². The number of hydrogen-bond donors (Lipinski definition) is 1. The van der Waals surface area contributed by atoms with E-state index in [9.17, 15) is 0 Å². The van der Waals surface area contributed by atoms with Crippen molar-refractivity contribution in [2.45, 2.75) is 5.92 Å². The Bertz CT molecular complexity index is 1000. The molecule has 0 saturated carbocycles. The topological polar surface area (TPSA) is 15.8 Å². The highest BCUT2D eigenvalue weighted by atomic mass is 14.7. The standard InChI is InChI=1S/C23H17N/c1-3-9-18(10-4-1)15-16-20(19-11-5-2-6-12-19)22-17-24-23-14-8-7-13-21(22)23/h1-14,17,20,24H. The average Bonchev–Trinajstić information content (AvgIpc) is 3.08. The predicted octanol–water partition coefficient (Wildman–Crippen LogP) is 5.35. The average molecular weight is 307 g/mol. The van der Waals surface area contributed by atoms with Crippen LogP contribution in [0.1, 0.15) is 22.6 Å². The van der Waals surface area contributed by atoms with Crippen molar-refractivity contribution in [1.29, 1.82) is 0 Å². The summed E-state index contributed by atoms with van der Waals surface area (Å²) in [6.07, 6.45) is 2.09. The summed E-state index contributed by atoms with van der Waals surface area (Å²) in [5.74, 6) is 6.85. The lowest BCUT2D eigenvalue weighted by molar-refractivity contribution is 1.08. The summed E-state index contributed by atoms with van der Waals surface area (Å²) in [5, 5.41) is 1.23. The number of aromatic nitrogens is 1. The van der Waals surface area contributed by atoms with Crippen LogP contribution in [0.15, 0.2) is 91.1 Å². The van der Waals surface area contributed by atoms with E-state index in [4.69, 9.17) is 0 Å². The Morgan fingerprint density at radius 2 is 1.38 bits per heavy atom. The molecule has 4 aromatic rings. The zero-order valence-corrected chi connectivity index (χ0v) is 13.2. The lowest BCUT2D eigenvalue weighted by atomic mass is 9.91. The van der Waals surface area contributed by atoms with Crippen molar-refractivity contribution in [3.63, 3.8) is 0 Å². The smallest absolute Gasteiger partial charge is 0.0726 e. The first-order valence-corrected chi connectivity index (χ1v) is 8.09. The number of hydrogen-bond acceptors (Lipinski definition) is 0. The van der Waals surface area contributed by atoms with E-state index in [1.165, 1.54) is 16.5 Å². The molecule has 1 aromatic heterocycles. The molecule has 114 valence electrons. The minimum Gasteiger partial charge on any atom is -0.361 e. The third-order valence-electron chi connectivity index (χ3n) is 4.20. The Morgan fingerprint density at radius 3 is 2.17 bits per heavy atom. The molecule has 1 unspecified atom stereocenters. The van der Waals surface area contributed by atoms with E-state index in [1.807, 2.05) is 36.4 Å². The predicted molar refractivity (Wildman–Crippen MR) is 99.9 cm³/mol. The molecule has 1 heteroatoms. The van der Waals surface area contributed by atoms with Crippen molar-refractivity contribution < 1.29 is 0 Å². The van der Waals surface area contributed by atoms with Gasteiger partial charge in [-0.05, 0) is 29.3 Å². The maximum absolute atomic E-state index is 3.48. The minimum atomic E-state index is 0.0440. The van der Waals surface area contributed by atoms with Crippen LogP contribution in [-0.2, 0) is 0 Å². The maximum Gasteiger partial charge on any atom is 0.0726 e. The summed E-state index contributed by atoms with van der Waals surface area (Å²) in [7, 11) is 0. The van der Waals surface area contributed by atoms with Gasteiger partial charge in [0.2, 0.25) is 0 Å². The van der Waals surface area contributed by atoms with Crippen LogP contribution < -0.4 is 0 Å². The Hall–Kier alpha value is -3.24. The molecule has 0 spiro atoms. The number of fused-ring (bicyclic) bond motifs is 1. The highest BCUT2D eigenvalue weighted by Gasteiger charge is 2.15. The second-order valence-corrected chi connectivity index (χ2v) is 5.77. The molecule has 3 aromatic carbocycles. The first-order valence-electron chi connectivity index (χ1n) is 8.09. The van der Waals surface area contributed by atoms with E-state index < -0.39 is 0 Å². The van der Waals surface area contributed by atoms with E-state index >= 15 is 0 Å². The van der Waals surface area contributed by atoms with Crippen LogP contribution in [0.2, 0.25) is 0 Å². The van der Waals surface area contributed by atoms with Crippen molar-refractivity contribution >= 4 is 10.9 Å². The Labute approximate surface area is 142 Å². The summed E-state index contributed by atoms with van der Waals surface area (Å²) in [5.41, 5.74) is 4.62. The molecular formula is C23H17N. The van der Waals surface area contributed by atoms with Crippen LogP contribution >= 0.6 is 0 Å². The molecule has 0 amide bonds. The Kier molecular flexibility index (Phi) is 3.88. The molecule has 1 N–H and O–H groups in total. The van der Waals surface area contributed by atoms with E-state index in [0.717, 1.165) is 11.1 Å². The highest BCUT2D eigenvalue weighted by molar-refractivity contribution is 5.84. The second-order valence-electron chi connectivity index (χ2n) is 5.77. The molecule has 0 aliphatic heterocycles. The van der Waals surface area contributed by atoms with Crippen molar-refractivity contribution in [2.75, 3.05) is 0 Å². The quantitative estimate of drug-likeness (QED) is 0.480. The van der Waals surface area contributed by atoms with Gasteiger partial charge in [0.05, 0.1) is 5.92 Å². The number of rotatable bonds is 2. The fourth-order valence-electron chi connectivity index (χ4n) is 3.00. The van der Waals surface area contributed by atoms with Crippen LogP contribution in [0.4, 0.5) is 0 Å². The Balaban J connectivity index is 1.84. The van der Waals surface area contributed by atoms with Crippen molar-refractivity contribution in [1.82, 2.24) is 4.98 Å². The molecule has 1 nitrogen and oxygen atoms in total. The van der Waals surface area contributed by atoms with Gasteiger partial charge >= 0.3 is 0 Å². The normalized spacial score (nSPS) is 11.7. The zero-order chi connectivity index (χ0) is 16.2. The zero-order valence-electron chi connectivity index (χ0n) is 13.2. The Morgan fingerprint density at radius 1 is 0.708 bits per heavy atom. The van der Waals surface area contributed by atoms with Gasteiger partial charge in [-0.2, -0.15) is 0 Å². The fraction of sp³-hybridized carbons (Fsp3) is 0.0435. The van der Waals surface area contributed by atoms with E-state index in [2.05, 4.69) is 71.6 Å². The maximum atomic E-state index is 3.48. The summed E-state index contributed by atoms with van der Waals surface area (Å²) in [6, 6.07) is 29.0. The first-order chi connectivity index (χ1) is 11.9. The summed E-state index contributed by atoms with van der Waals surface area (Å²) in [6.45, 7) is 0. The van der Waals surface area contributed by atoms with Gasteiger partial charge < -0.3 is 4.98 Å². The lowest BCUT2D eigenvalue weighted by Crippen LogP contribution is -1.97. The van der Waals surface area contributed by atoms with Crippen LogP contribution in [0, 0.1) is 11.8 Å². The number of benzene rings is 3. The molecule has 24 heavy (non-hydrogen) atoms. The molecule has 0 bridgehead atoms. The number of aromatic amines is 1. The third-order valence-corrected chi connectivity index (χ3v) is 4.20. The number of nitrogens with one attached hydrogen (secondary N) is 1. The van der Waals surface area contributed by atoms with E-state index in [0.29, 0.717) is 0 Å². The molecule has 1 atom stereocenters. The van der Waals surface area contributed by atoms with Crippen molar-refractivity contribution in [2.24, 2.45) is 0 Å². The molecule has 0 saturated heterocycles. The fourth-order valence-corrected chi connectivity index (χ4v) is 3.00. The van der Waals surface area contributed by atoms with Crippen LogP contribution in [0.25, 0.3) is 10.9 Å². The van der Waals surface area contributed by atoms with Gasteiger partial charge in [0.1, 0.15) is 0 Å². The van der Waals surface area contributed by atoms with Gasteiger partial charge in [0, 0.05) is 22.7 Å². The van der Waals surface area contributed by atoms with Gasteiger partial charge in [-0.15, -0.1) is 0 Å². The molecule has 0 aliphatic carbocycles. The van der Waals surface area contributed by atoms with Crippen LogP contribution in [-0.4, -0.2) is 4.98 Å². The van der Waals surface area contributed by atoms with Gasteiger partial charge in [-0.1, -0.05) is 78.6 Å². The number of H-pyrrole nitrogens is 1. The van der Waals surface area contributed by atoms with Gasteiger partial charge in [-0.25, -0.2) is 0 Å². The summed E-state index contributed by atoms with van der Waals surface area (Å²) < 4.78 is 0. The highest BCUT2D eigenvalue weighted by Crippen LogP contribution is 2.30. The molecule has 0 fully saturated rings. The van der Waals surface area contributed by atoms with Crippen molar-refractivity contribution in [3.8, 4) is 11.8 Å². The second kappa shape index (κ2) is 6.48. The van der Waals surface area contributed by atoms with Gasteiger partial charge in [-0.3, -0.25) is 0 Å². The van der Waals surface area contributed by atoms with Crippen molar-refractivity contribution in [3.05, 3.63) is 108 Å². The van der Waals surface area contributed by atoms with Crippen LogP contribution in [0.3, 0.4) is 0 Å². The summed E-state index contributed by atoms with van der Waals surface area (Å²) >= 11 is 0.